The Kier molecular flexibility index (Phi) is 7.47. The minimum atomic E-state index is -0.378. The van der Waals surface area contributed by atoms with Crippen LogP contribution in [-0.2, 0) is 29.1 Å². The van der Waals surface area contributed by atoms with Crippen molar-refractivity contribution >= 4 is 35.2 Å². The number of rotatable bonds is 9. The molecule has 0 aliphatic heterocycles. The first kappa shape index (κ1) is 20.3. The summed E-state index contributed by atoms with van der Waals surface area (Å²) < 4.78 is 1.89. The van der Waals surface area contributed by atoms with E-state index in [4.69, 9.17) is 17.3 Å². The van der Waals surface area contributed by atoms with Gasteiger partial charge in [0.25, 0.3) is 0 Å². The number of benzene rings is 1. The smallest absolute Gasteiger partial charge is 0.233 e. The number of hydrogen-bond donors (Lipinski definition) is 2. The Morgan fingerprint density at radius 1 is 1.35 bits per heavy atom. The third-order valence-electron chi connectivity index (χ3n) is 3.77. The van der Waals surface area contributed by atoms with Gasteiger partial charge in [0.15, 0.2) is 5.16 Å². The first-order chi connectivity index (χ1) is 12.4. The van der Waals surface area contributed by atoms with Crippen molar-refractivity contribution < 1.29 is 9.59 Å². The summed E-state index contributed by atoms with van der Waals surface area (Å²) in [6.45, 7) is 4.79. The molecule has 9 heteroatoms. The van der Waals surface area contributed by atoms with Crippen molar-refractivity contribution in [3.63, 3.8) is 0 Å². The fourth-order valence-electron chi connectivity index (χ4n) is 2.32. The highest BCUT2D eigenvalue weighted by molar-refractivity contribution is 8.00. The van der Waals surface area contributed by atoms with Crippen LogP contribution >= 0.6 is 23.4 Å². The van der Waals surface area contributed by atoms with Crippen molar-refractivity contribution in [1.82, 2.24) is 20.1 Å². The molecular weight excluding hydrogens is 374 g/mol. The largest absolute Gasteiger partial charge is 0.370 e. The van der Waals surface area contributed by atoms with Gasteiger partial charge in [-0.25, -0.2) is 0 Å². The summed E-state index contributed by atoms with van der Waals surface area (Å²) in [6, 6.07) is 7.39. The highest BCUT2D eigenvalue weighted by Gasteiger charge is 2.19. The van der Waals surface area contributed by atoms with E-state index in [-0.39, 0.29) is 23.5 Å². The molecule has 0 aliphatic carbocycles. The van der Waals surface area contributed by atoms with Gasteiger partial charge in [0.05, 0.1) is 5.25 Å². The second kappa shape index (κ2) is 9.59. The Hall–Kier alpha value is -2.06. The number of nitrogens with zero attached hydrogens (tertiary/aromatic N) is 3. The van der Waals surface area contributed by atoms with Gasteiger partial charge in [0.1, 0.15) is 5.82 Å². The van der Waals surface area contributed by atoms with Gasteiger partial charge in [-0.1, -0.05) is 41.6 Å². The van der Waals surface area contributed by atoms with E-state index in [2.05, 4.69) is 15.5 Å². The molecule has 26 heavy (non-hydrogen) atoms. The number of halogens is 1. The average molecular weight is 396 g/mol. The number of hydrogen-bond acceptors (Lipinski definition) is 5. The third-order valence-corrected chi connectivity index (χ3v) is 5.22. The molecule has 2 aromatic rings. The average Bonchev–Trinajstić information content (AvgIpc) is 3.00. The lowest BCUT2D eigenvalue weighted by Crippen LogP contribution is -2.30. The molecule has 0 unspecified atom stereocenters. The number of primary amides is 1. The van der Waals surface area contributed by atoms with Gasteiger partial charge in [0.2, 0.25) is 11.8 Å². The van der Waals surface area contributed by atoms with Crippen LogP contribution in [0.25, 0.3) is 0 Å². The second-order valence-electron chi connectivity index (χ2n) is 5.68. The summed E-state index contributed by atoms with van der Waals surface area (Å²) in [5.41, 5.74) is 6.05. The number of amides is 2. The van der Waals surface area contributed by atoms with Gasteiger partial charge in [-0.05, 0) is 25.5 Å². The standard InChI is InChI=1S/C17H22ClN5O2S/c1-3-23-15(9-8-14(19)24)21-22-17(23)26-11(2)16(25)20-10-12-6-4-5-7-13(12)18/h4-7,11H,3,8-10H2,1-2H3,(H2,19,24)(H,20,25)/t11-/m1/s1. The molecule has 140 valence electrons. The van der Waals surface area contributed by atoms with E-state index < -0.39 is 0 Å². The zero-order valence-electron chi connectivity index (χ0n) is 14.7. The predicted molar refractivity (Wildman–Crippen MR) is 102 cm³/mol. The van der Waals surface area contributed by atoms with E-state index >= 15 is 0 Å². The Balaban J connectivity index is 1.96. The molecule has 0 aliphatic rings. The molecule has 2 rings (SSSR count). The Morgan fingerprint density at radius 3 is 2.73 bits per heavy atom. The van der Waals surface area contributed by atoms with Crippen molar-refractivity contribution in [3.8, 4) is 0 Å². The summed E-state index contributed by atoms with van der Waals surface area (Å²) >= 11 is 7.43. The molecule has 0 bridgehead atoms. The minimum Gasteiger partial charge on any atom is -0.370 e. The van der Waals surface area contributed by atoms with Crippen LogP contribution in [0.3, 0.4) is 0 Å². The van der Waals surface area contributed by atoms with Crippen LogP contribution in [0.15, 0.2) is 29.4 Å². The zero-order valence-corrected chi connectivity index (χ0v) is 16.3. The highest BCUT2D eigenvalue weighted by atomic mass is 35.5. The molecule has 1 aromatic heterocycles. The molecule has 1 heterocycles. The molecule has 2 amide bonds. The lowest BCUT2D eigenvalue weighted by atomic mass is 10.2. The summed E-state index contributed by atoms with van der Waals surface area (Å²) in [5.74, 6) is 0.203. The predicted octanol–water partition coefficient (Wildman–Crippen LogP) is 2.17. The maximum absolute atomic E-state index is 12.4. The van der Waals surface area contributed by atoms with Gasteiger partial charge >= 0.3 is 0 Å². The normalized spacial score (nSPS) is 12.0. The maximum atomic E-state index is 12.4. The lowest BCUT2D eigenvalue weighted by molar-refractivity contribution is -0.120. The molecule has 0 spiro atoms. The molecule has 0 saturated carbocycles. The first-order valence-corrected chi connectivity index (χ1v) is 9.56. The topological polar surface area (TPSA) is 103 Å². The fourth-order valence-corrected chi connectivity index (χ4v) is 3.48. The Bertz CT molecular complexity index is 780. The maximum Gasteiger partial charge on any atom is 0.233 e. The monoisotopic (exact) mass is 395 g/mol. The molecule has 0 fully saturated rings. The summed E-state index contributed by atoms with van der Waals surface area (Å²) in [5, 5.41) is 12.1. The number of thioether (sulfide) groups is 1. The van der Waals surface area contributed by atoms with Gasteiger partial charge < -0.3 is 15.6 Å². The number of carbonyl (C=O) groups excluding carboxylic acids is 2. The SMILES string of the molecule is CCn1c(CCC(N)=O)nnc1S[C@H](C)C(=O)NCc1ccccc1Cl. The van der Waals surface area contributed by atoms with Crippen LogP contribution < -0.4 is 11.1 Å². The van der Waals surface area contributed by atoms with Crippen LogP contribution in [-0.4, -0.2) is 31.8 Å². The van der Waals surface area contributed by atoms with Gasteiger partial charge in [-0.2, -0.15) is 0 Å². The number of nitrogens with two attached hydrogens (primary N) is 1. The molecule has 1 aromatic carbocycles. The van der Waals surface area contributed by atoms with Crippen molar-refractivity contribution in [2.45, 2.75) is 50.2 Å². The van der Waals surface area contributed by atoms with E-state index in [1.807, 2.05) is 36.6 Å². The third kappa shape index (κ3) is 5.47. The van der Waals surface area contributed by atoms with Crippen LogP contribution in [0.5, 0.6) is 0 Å². The van der Waals surface area contributed by atoms with Gasteiger partial charge in [0, 0.05) is 31.0 Å². The molecular formula is C17H22ClN5O2S. The number of aryl methyl sites for hydroxylation is 1. The first-order valence-electron chi connectivity index (χ1n) is 8.30. The Labute approximate surface area is 161 Å². The summed E-state index contributed by atoms with van der Waals surface area (Å²) in [7, 11) is 0. The van der Waals surface area contributed by atoms with Gasteiger partial charge in [-0.15, -0.1) is 10.2 Å². The summed E-state index contributed by atoms with van der Waals surface area (Å²) in [4.78, 5) is 23.3. The molecule has 3 N–H and O–H groups in total. The number of nitrogens with one attached hydrogen (secondary N) is 1. The Morgan fingerprint density at radius 2 is 2.08 bits per heavy atom. The van der Waals surface area contributed by atoms with E-state index in [0.717, 1.165) is 5.56 Å². The zero-order chi connectivity index (χ0) is 19.1. The van der Waals surface area contributed by atoms with Crippen molar-refractivity contribution in [3.05, 3.63) is 40.7 Å². The van der Waals surface area contributed by atoms with Crippen molar-refractivity contribution in [2.24, 2.45) is 5.73 Å². The molecule has 7 nitrogen and oxygen atoms in total. The minimum absolute atomic E-state index is 0.112. The fraction of sp³-hybridized carbons (Fsp3) is 0.412. The molecule has 0 radical (unpaired) electrons. The van der Waals surface area contributed by atoms with E-state index in [9.17, 15) is 9.59 Å². The highest BCUT2D eigenvalue weighted by Crippen LogP contribution is 2.23. The van der Waals surface area contributed by atoms with E-state index in [1.165, 1.54) is 11.8 Å². The van der Waals surface area contributed by atoms with E-state index in [1.54, 1.807) is 6.07 Å². The van der Waals surface area contributed by atoms with Crippen LogP contribution in [0.2, 0.25) is 5.02 Å². The number of carbonyl (C=O) groups is 2. The van der Waals surface area contributed by atoms with Crippen molar-refractivity contribution in [2.75, 3.05) is 0 Å². The van der Waals surface area contributed by atoms with Crippen LogP contribution in [0, 0.1) is 0 Å². The lowest BCUT2D eigenvalue weighted by Gasteiger charge is -2.13. The molecule has 0 saturated heterocycles. The summed E-state index contributed by atoms with van der Waals surface area (Å²) in [6.07, 6.45) is 0.653. The van der Waals surface area contributed by atoms with Crippen LogP contribution in [0.1, 0.15) is 31.7 Å². The van der Waals surface area contributed by atoms with Crippen LogP contribution in [0.4, 0.5) is 0 Å². The van der Waals surface area contributed by atoms with E-state index in [0.29, 0.717) is 35.5 Å². The second-order valence-corrected chi connectivity index (χ2v) is 7.39. The molecule has 1 atom stereocenters. The van der Waals surface area contributed by atoms with Gasteiger partial charge in [-0.3, -0.25) is 9.59 Å². The van der Waals surface area contributed by atoms with Crippen molar-refractivity contribution in [1.29, 1.82) is 0 Å². The number of aromatic nitrogens is 3. The quantitative estimate of drug-likeness (QED) is 0.633.